The van der Waals surface area contributed by atoms with Crippen molar-refractivity contribution in [3.8, 4) is 5.88 Å². The van der Waals surface area contributed by atoms with Gasteiger partial charge in [0.05, 0.1) is 24.1 Å². The Hall–Kier alpha value is -1.63. The molecule has 0 bridgehead atoms. The molecule has 2 aromatic rings. The Balaban J connectivity index is 1.99. The highest BCUT2D eigenvalue weighted by molar-refractivity contribution is 7.91. The summed E-state index contributed by atoms with van der Waals surface area (Å²) < 4.78 is 27.9. The molecule has 0 aromatic carbocycles. The standard InChI is InChI=1S/C11H13N3O3S/c1-17-9-3-2-8-11(13-9)14-10(12-8)7-4-5-18(15,16)6-7/h2-3,7H,4-6H2,1H3,(H,12,13,14). The smallest absolute Gasteiger partial charge is 0.215 e. The first-order valence-corrected chi connectivity index (χ1v) is 7.50. The van der Waals surface area contributed by atoms with E-state index in [0.29, 0.717) is 23.8 Å². The molecule has 0 radical (unpaired) electrons. The van der Waals surface area contributed by atoms with Gasteiger partial charge in [0.1, 0.15) is 5.82 Å². The SMILES string of the molecule is COc1ccc2[nH]c(C3CCS(=O)(=O)C3)nc2n1. The molecule has 1 atom stereocenters. The summed E-state index contributed by atoms with van der Waals surface area (Å²) in [7, 11) is -1.35. The van der Waals surface area contributed by atoms with Gasteiger partial charge in [-0.1, -0.05) is 0 Å². The monoisotopic (exact) mass is 267 g/mol. The summed E-state index contributed by atoms with van der Waals surface area (Å²) in [5.74, 6) is 1.57. The Bertz CT molecular complexity index is 693. The maximum absolute atomic E-state index is 11.5. The van der Waals surface area contributed by atoms with E-state index in [1.807, 2.05) is 6.07 Å². The molecule has 1 saturated heterocycles. The quantitative estimate of drug-likeness (QED) is 0.872. The zero-order valence-corrected chi connectivity index (χ0v) is 10.7. The van der Waals surface area contributed by atoms with Crippen LogP contribution in [0.4, 0.5) is 0 Å². The Morgan fingerprint density at radius 2 is 2.22 bits per heavy atom. The molecule has 0 spiro atoms. The van der Waals surface area contributed by atoms with Gasteiger partial charge in [-0.05, 0) is 12.5 Å². The normalized spacial score (nSPS) is 22.4. The molecule has 1 fully saturated rings. The number of ether oxygens (including phenoxy) is 1. The number of nitrogens with zero attached hydrogens (tertiary/aromatic N) is 2. The summed E-state index contributed by atoms with van der Waals surface area (Å²) in [4.78, 5) is 11.7. The van der Waals surface area contributed by atoms with Gasteiger partial charge in [0.15, 0.2) is 15.5 Å². The molecule has 0 amide bonds. The fraction of sp³-hybridized carbons (Fsp3) is 0.455. The number of H-pyrrole nitrogens is 1. The molecule has 6 nitrogen and oxygen atoms in total. The van der Waals surface area contributed by atoms with Crippen molar-refractivity contribution in [1.82, 2.24) is 15.0 Å². The molecule has 0 aliphatic carbocycles. The number of aromatic nitrogens is 3. The van der Waals surface area contributed by atoms with E-state index in [0.717, 1.165) is 5.52 Å². The van der Waals surface area contributed by atoms with E-state index in [1.165, 1.54) is 0 Å². The second-order valence-electron chi connectivity index (χ2n) is 4.45. The Morgan fingerprint density at radius 3 is 2.89 bits per heavy atom. The van der Waals surface area contributed by atoms with Crippen LogP contribution in [0.5, 0.6) is 5.88 Å². The third kappa shape index (κ3) is 1.94. The van der Waals surface area contributed by atoms with Crippen LogP contribution in [0, 0.1) is 0 Å². The Morgan fingerprint density at radius 1 is 1.39 bits per heavy atom. The summed E-state index contributed by atoms with van der Waals surface area (Å²) in [6.45, 7) is 0. The molecule has 18 heavy (non-hydrogen) atoms. The van der Waals surface area contributed by atoms with E-state index in [9.17, 15) is 8.42 Å². The first kappa shape index (κ1) is 11.5. The van der Waals surface area contributed by atoms with Crippen molar-refractivity contribution in [2.45, 2.75) is 12.3 Å². The summed E-state index contributed by atoms with van der Waals surface area (Å²) in [6.07, 6.45) is 0.624. The number of imidazole rings is 1. The van der Waals surface area contributed by atoms with Gasteiger partial charge in [-0.15, -0.1) is 0 Å². The van der Waals surface area contributed by atoms with Gasteiger partial charge in [0.25, 0.3) is 0 Å². The van der Waals surface area contributed by atoms with Crippen LogP contribution >= 0.6 is 0 Å². The fourth-order valence-corrected chi connectivity index (χ4v) is 3.96. The number of aromatic amines is 1. The molecule has 1 aliphatic heterocycles. The third-order valence-electron chi connectivity index (χ3n) is 3.17. The minimum Gasteiger partial charge on any atom is -0.481 e. The molecule has 0 saturated carbocycles. The van der Waals surface area contributed by atoms with Gasteiger partial charge in [-0.3, -0.25) is 0 Å². The molecular formula is C11H13N3O3S. The van der Waals surface area contributed by atoms with Gasteiger partial charge >= 0.3 is 0 Å². The van der Waals surface area contributed by atoms with Crippen molar-refractivity contribution >= 4 is 21.0 Å². The highest BCUT2D eigenvalue weighted by Gasteiger charge is 2.31. The van der Waals surface area contributed by atoms with Crippen LogP contribution in [0.3, 0.4) is 0 Å². The van der Waals surface area contributed by atoms with Gasteiger partial charge in [0.2, 0.25) is 5.88 Å². The first-order chi connectivity index (χ1) is 8.57. The molecule has 2 aromatic heterocycles. The first-order valence-electron chi connectivity index (χ1n) is 5.68. The molecular weight excluding hydrogens is 254 g/mol. The second kappa shape index (κ2) is 3.94. The van der Waals surface area contributed by atoms with Crippen molar-refractivity contribution < 1.29 is 13.2 Å². The zero-order valence-electron chi connectivity index (χ0n) is 9.88. The van der Waals surface area contributed by atoms with Gasteiger partial charge in [-0.2, -0.15) is 4.98 Å². The predicted molar refractivity (Wildman–Crippen MR) is 66.5 cm³/mol. The number of rotatable bonds is 2. The topological polar surface area (TPSA) is 84.9 Å². The number of hydrogen-bond donors (Lipinski definition) is 1. The average Bonchev–Trinajstić information content (AvgIpc) is 2.90. The Labute approximate surface area is 104 Å². The van der Waals surface area contributed by atoms with E-state index >= 15 is 0 Å². The molecule has 3 rings (SSSR count). The molecule has 7 heteroatoms. The minimum absolute atomic E-state index is 0.0461. The number of nitrogens with one attached hydrogen (secondary N) is 1. The van der Waals surface area contributed by atoms with Gasteiger partial charge < -0.3 is 9.72 Å². The number of pyridine rings is 1. The minimum atomic E-state index is -2.90. The third-order valence-corrected chi connectivity index (χ3v) is 4.93. The summed E-state index contributed by atoms with van der Waals surface area (Å²) in [6, 6.07) is 3.58. The van der Waals surface area contributed by atoms with E-state index in [-0.39, 0.29) is 17.4 Å². The van der Waals surface area contributed by atoms with Crippen LogP contribution in [0.2, 0.25) is 0 Å². The van der Waals surface area contributed by atoms with E-state index in [1.54, 1.807) is 13.2 Å². The van der Waals surface area contributed by atoms with Gasteiger partial charge in [-0.25, -0.2) is 13.4 Å². The van der Waals surface area contributed by atoms with Crippen molar-refractivity contribution in [2.24, 2.45) is 0 Å². The second-order valence-corrected chi connectivity index (χ2v) is 6.68. The van der Waals surface area contributed by atoms with Crippen molar-refractivity contribution in [3.05, 3.63) is 18.0 Å². The highest BCUT2D eigenvalue weighted by Crippen LogP contribution is 2.28. The van der Waals surface area contributed by atoms with E-state index < -0.39 is 9.84 Å². The lowest BCUT2D eigenvalue weighted by molar-refractivity contribution is 0.399. The lowest BCUT2D eigenvalue weighted by atomic mass is 10.1. The fourth-order valence-electron chi connectivity index (χ4n) is 2.21. The van der Waals surface area contributed by atoms with Crippen LogP contribution < -0.4 is 4.74 Å². The Kier molecular flexibility index (Phi) is 2.51. The lowest BCUT2D eigenvalue weighted by Gasteiger charge is -2.00. The number of fused-ring (bicyclic) bond motifs is 1. The predicted octanol–water partition coefficient (Wildman–Crippen LogP) is 0.869. The number of hydrogen-bond acceptors (Lipinski definition) is 5. The van der Waals surface area contributed by atoms with Crippen LogP contribution in [-0.4, -0.2) is 42.0 Å². The summed E-state index contributed by atoms with van der Waals surface area (Å²) in [5, 5.41) is 0. The van der Waals surface area contributed by atoms with Crippen molar-refractivity contribution in [2.75, 3.05) is 18.6 Å². The molecule has 96 valence electrons. The lowest BCUT2D eigenvalue weighted by Crippen LogP contribution is -2.04. The number of sulfone groups is 1. The molecule has 1 aliphatic rings. The van der Waals surface area contributed by atoms with Crippen LogP contribution in [0.25, 0.3) is 11.2 Å². The van der Waals surface area contributed by atoms with Gasteiger partial charge in [0, 0.05) is 12.0 Å². The molecule has 3 heterocycles. The van der Waals surface area contributed by atoms with Crippen LogP contribution in [0.15, 0.2) is 12.1 Å². The maximum atomic E-state index is 11.5. The van der Waals surface area contributed by atoms with Crippen LogP contribution in [0.1, 0.15) is 18.2 Å². The number of methoxy groups -OCH3 is 1. The summed E-state index contributed by atoms with van der Waals surface area (Å²) >= 11 is 0. The van der Waals surface area contributed by atoms with Crippen molar-refractivity contribution in [1.29, 1.82) is 0 Å². The zero-order chi connectivity index (χ0) is 12.8. The molecule has 1 N–H and O–H groups in total. The molecule has 1 unspecified atom stereocenters. The largest absolute Gasteiger partial charge is 0.481 e. The van der Waals surface area contributed by atoms with E-state index in [4.69, 9.17) is 4.74 Å². The van der Waals surface area contributed by atoms with E-state index in [2.05, 4.69) is 15.0 Å². The highest BCUT2D eigenvalue weighted by atomic mass is 32.2. The average molecular weight is 267 g/mol. The maximum Gasteiger partial charge on any atom is 0.215 e. The van der Waals surface area contributed by atoms with Crippen molar-refractivity contribution in [3.63, 3.8) is 0 Å². The summed E-state index contributed by atoms with van der Waals surface area (Å²) in [5.41, 5.74) is 1.36. The van der Waals surface area contributed by atoms with Crippen LogP contribution in [-0.2, 0) is 9.84 Å².